The van der Waals surface area contributed by atoms with Crippen molar-refractivity contribution >= 4 is 28.4 Å². The molecule has 144 valence electrons. The summed E-state index contributed by atoms with van der Waals surface area (Å²) in [4.78, 5) is 27.7. The molecule has 5 nitrogen and oxygen atoms in total. The van der Waals surface area contributed by atoms with Gasteiger partial charge < -0.3 is 14.8 Å². The number of nitrogens with zero attached hydrogens (tertiary/aromatic N) is 2. The minimum absolute atomic E-state index is 0.0102. The third-order valence-electron chi connectivity index (χ3n) is 5.48. The number of aromatic nitrogens is 1. The van der Waals surface area contributed by atoms with Gasteiger partial charge in [0.1, 0.15) is 0 Å². The topological polar surface area (TPSA) is 54.3 Å². The molecule has 2 aromatic carbocycles. The number of likely N-dealkylation sites (tertiary alicyclic amines) is 1. The van der Waals surface area contributed by atoms with Crippen LogP contribution in [0.2, 0.25) is 0 Å². The fourth-order valence-electron chi connectivity index (χ4n) is 4.07. The molecule has 0 atom stereocenters. The lowest BCUT2D eigenvalue weighted by Gasteiger charge is -2.19. The SMILES string of the molecule is Cc1cccc(NC(=O)Cc2cn(C)c3ccccc23)c1C(=O)N1CCCC1. The van der Waals surface area contributed by atoms with Crippen molar-refractivity contribution < 1.29 is 9.59 Å². The molecule has 28 heavy (non-hydrogen) atoms. The normalized spacial score (nSPS) is 13.9. The summed E-state index contributed by atoms with van der Waals surface area (Å²) in [6.07, 6.45) is 4.35. The van der Waals surface area contributed by atoms with E-state index in [1.54, 1.807) is 0 Å². The molecule has 1 N–H and O–H groups in total. The first-order valence-electron chi connectivity index (χ1n) is 9.76. The van der Waals surface area contributed by atoms with E-state index in [4.69, 9.17) is 0 Å². The van der Waals surface area contributed by atoms with Gasteiger partial charge in [-0.3, -0.25) is 9.59 Å². The van der Waals surface area contributed by atoms with E-state index in [1.807, 2.05) is 72.1 Å². The van der Waals surface area contributed by atoms with Crippen LogP contribution in [0.3, 0.4) is 0 Å². The lowest BCUT2D eigenvalue weighted by atomic mass is 10.0. The van der Waals surface area contributed by atoms with Gasteiger partial charge in [-0.2, -0.15) is 0 Å². The number of nitrogens with one attached hydrogen (secondary N) is 1. The van der Waals surface area contributed by atoms with Crippen LogP contribution in [0, 0.1) is 6.92 Å². The lowest BCUT2D eigenvalue weighted by molar-refractivity contribution is -0.115. The van der Waals surface area contributed by atoms with Gasteiger partial charge >= 0.3 is 0 Å². The number of fused-ring (bicyclic) bond motifs is 1. The molecule has 0 spiro atoms. The number of carbonyl (C=O) groups excluding carboxylic acids is 2. The second-order valence-electron chi connectivity index (χ2n) is 7.50. The van der Waals surface area contributed by atoms with Crippen molar-refractivity contribution in [2.75, 3.05) is 18.4 Å². The maximum absolute atomic E-state index is 13.0. The Morgan fingerprint density at radius 1 is 1.04 bits per heavy atom. The molecule has 0 aliphatic carbocycles. The van der Waals surface area contributed by atoms with Crippen LogP contribution in [0.15, 0.2) is 48.7 Å². The molecule has 3 aromatic rings. The molecule has 1 saturated heterocycles. The zero-order chi connectivity index (χ0) is 19.7. The standard InChI is InChI=1S/C23H25N3O2/c1-16-8-7-10-19(22(16)23(28)26-12-5-6-13-26)24-21(27)14-17-15-25(2)20-11-4-3-9-18(17)20/h3-4,7-11,15H,5-6,12-14H2,1-2H3,(H,24,27). The molecule has 0 unspecified atom stereocenters. The van der Waals surface area contributed by atoms with E-state index in [0.717, 1.165) is 48.0 Å². The summed E-state index contributed by atoms with van der Waals surface area (Å²) in [5.41, 5.74) is 4.18. The van der Waals surface area contributed by atoms with E-state index in [2.05, 4.69) is 5.32 Å². The second kappa shape index (κ2) is 7.50. The third kappa shape index (κ3) is 3.40. The third-order valence-corrected chi connectivity index (χ3v) is 5.48. The number of benzene rings is 2. The maximum atomic E-state index is 13.0. The van der Waals surface area contributed by atoms with Gasteiger partial charge in [-0.1, -0.05) is 30.3 Å². The number of hydrogen-bond donors (Lipinski definition) is 1. The predicted octanol–water partition coefficient (Wildman–Crippen LogP) is 3.90. The number of para-hydroxylation sites is 1. The highest BCUT2D eigenvalue weighted by atomic mass is 16.2. The highest BCUT2D eigenvalue weighted by Crippen LogP contribution is 2.25. The van der Waals surface area contributed by atoms with Gasteiger partial charge in [-0.25, -0.2) is 0 Å². The molecule has 0 bridgehead atoms. The van der Waals surface area contributed by atoms with E-state index in [-0.39, 0.29) is 18.2 Å². The highest BCUT2D eigenvalue weighted by molar-refractivity contribution is 6.05. The number of amides is 2. The molecule has 1 aromatic heterocycles. The summed E-state index contributed by atoms with van der Waals surface area (Å²) >= 11 is 0. The Labute approximate surface area is 165 Å². The number of anilines is 1. The van der Waals surface area contributed by atoms with Crippen molar-refractivity contribution in [2.45, 2.75) is 26.2 Å². The van der Waals surface area contributed by atoms with E-state index in [9.17, 15) is 9.59 Å². The van der Waals surface area contributed by atoms with E-state index in [1.165, 1.54) is 0 Å². The fourth-order valence-corrected chi connectivity index (χ4v) is 4.07. The molecule has 0 saturated carbocycles. The smallest absolute Gasteiger partial charge is 0.256 e. The van der Waals surface area contributed by atoms with Gasteiger partial charge in [0, 0.05) is 37.2 Å². The minimum Gasteiger partial charge on any atom is -0.350 e. The Hall–Kier alpha value is -3.08. The average Bonchev–Trinajstić information content (AvgIpc) is 3.31. The zero-order valence-corrected chi connectivity index (χ0v) is 16.4. The van der Waals surface area contributed by atoms with Crippen molar-refractivity contribution in [1.29, 1.82) is 0 Å². The molecule has 5 heteroatoms. The Morgan fingerprint density at radius 2 is 1.79 bits per heavy atom. The van der Waals surface area contributed by atoms with Crippen molar-refractivity contribution in [3.05, 3.63) is 65.4 Å². The average molecular weight is 375 g/mol. The molecular weight excluding hydrogens is 350 g/mol. The van der Waals surface area contributed by atoms with Crippen molar-refractivity contribution in [3.63, 3.8) is 0 Å². The largest absolute Gasteiger partial charge is 0.350 e. The van der Waals surface area contributed by atoms with Crippen LogP contribution in [-0.4, -0.2) is 34.4 Å². The monoisotopic (exact) mass is 375 g/mol. The summed E-state index contributed by atoms with van der Waals surface area (Å²) in [5, 5.41) is 4.06. The summed E-state index contributed by atoms with van der Waals surface area (Å²) in [7, 11) is 1.98. The van der Waals surface area contributed by atoms with Crippen molar-refractivity contribution in [1.82, 2.24) is 9.47 Å². The molecular formula is C23H25N3O2. The zero-order valence-electron chi connectivity index (χ0n) is 16.4. The second-order valence-corrected chi connectivity index (χ2v) is 7.50. The van der Waals surface area contributed by atoms with E-state index >= 15 is 0 Å². The van der Waals surface area contributed by atoms with Crippen molar-refractivity contribution in [3.8, 4) is 0 Å². The van der Waals surface area contributed by atoms with E-state index in [0.29, 0.717) is 11.3 Å². The summed E-state index contributed by atoms with van der Waals surface area (Å²) in [5.74, 6) is -0.103. The Balaban J connectivity index is 1.58. The fraction of sp³-hybridized carbons (Fsp3) is 0.304. The molecule has 1 aliphatic rings. The van der Waals surface area contributed by atoms with Gasteiger partial charge in [0.15, 0.2) is 0 Å². The van der Waals surface area contributed by atoms with Crippen LogP contribution in [0.1, 0.15) is 34.3 Å². The van der Waals surface area contributed by atoms with Gasteiger partial charge in [-0.05, 0) is 43.0 Å². The molecule has 0 radical (unpaired) electrons. The van der Waals surface area contributed by atoms with E-state index < -0.39 is 0 Å². The number of carbonyl (C=O) groups is 2. The molecule has 2 amide bonds. The van der Waals surface area contributed by atoms with Crippen molar-refractivity contribution in [2.24, 2.45) is 7.05 Å². The number of rotatable bonds is 4. The van der Waals surface area contributed by atoms with Crippen LogP contribution in [0.25, 0.3) is 10.9 Å². The van der Waals surface area contributed by atoms with Crippen LogP contribution < -0.4 is 5.32 Å². The Kier molecular flexibility index (Phi) is 4.90. The Bertz CT molecular complexity index is 1050. The van der Waals surface area contributed by atoms with Gasteiger partial charge in [0.25, 0.3) is 5.91 Å². The number of aryl methyl sites for hydroxylation is 2. The molecule has 4 rings (SSSR count). The van der Waals surface area contributed by atoms with Gasteiger partial charge in [0.05, 0.1) is 17.7 Å². The van der Waals surface area contributed by atoms with Crippen LogP contribution in [-0.2, 0) is 18.3 Å². The molecule has 1 aliphatic heterocycles. The van der Waals surface area contributed by atoms with Crippen LogP contribution >= 0.6 is 0 Å². The summed E-state index contributed by atoms with van der Waals surface area (Å²) < 4.78 is 2.03. The summed E-state index contributed by atoms with van der Waals surface area (Å²) in [6.45, 7) is 3.50. The first-order valence-corrected chi connectivity index (χ1v) is 9.76. The lowest BCUT2D eigenvalue weighted by Crippen LogP contribution is -2.29. The predicted molar refractivity (Wildman–Crippen MR) is 112 cm³/mol. The first-order chi connectivity index (χ1) is 13.5. The molecule has 1 fully saturated rings. The molecule has 2 heterocycles. The minimum atomic E-state index is -0.113. The first kappa shape index (κ1) is 18.3. The quantitative estimate of drug-likeness (QED) is 0.752. The number of hydrogen-bond acceptors (Lipinski definition) is 2. The summed E-state index contributed by atoms with van der Waals surface area (Å²) in [6, 6.07) is 13.7. The van der Waals surface area contributed by atoms with Gasteiger partial charge in [-0.15, -0.1) is 0 Å². The highest BCUT2D eigenvalue weighted by Gasteiger charge is 2.24. The maximum Gasteiger partial charge on any atom is 0.256 e. The van der Waals surface area contributed by atoms with Crippen LogP contribution in [0.4, 0.5) is 5.69 Å². The Morgan fingerprint density at radius 3 is 2.57 bits per heavy atom. The van der Waals surface area contributed by atoms with Gasteiger partial charge in [0.2, 0.25) is 5.91 Å². The van der Waals surface area contributed by atoms with Crippen LogP contribution in [0.5, 0.6) is 0 Å².